The molecule has 0 aromatic heterocycles. The van der Waals surface area contributed by atoms with Crippen molar-refractivity contribution in [2.75, 3.05) is 6.54 Å². The zero-order chi connectivity index (χ0) is 18.1. The van der Waals surface area contributed by atoms with Crippen molar-refractivity contribution in [3.05, 3.63) is 71.8 Å². The van der Waals surface area contributed by atoms with Gasteiger partial charge in [-0.15, -0.1) is 0 Å². The molecule has 2 aromatic rings. The Morgan fingerprint density at radius 3 is 2.16 bits per heavy atom. The van der Waals surface area contributed by atoms with E-state index >= 15 is 0 Å². The number of hydrogen-bond donors (Lipinski definition) is 3. The number of carboxylic acid groups (broad SMARTS) is 1. The lowest BCUT2D eigenvalue weighted by atomic mass is 10.2. The lowest BCUT2D eigenvalue weighted by Crippen LogP contribution is -2.48. The fourth-order valence-corrected chi connectivity index (χ4v) is 1.99. The second-order valence-corrected chi connectivity index (χ2v) is 5.17. The molecule has 7 heteroatoms. The molecule has 130 valence electrons. The molecule has 2 rings (SSSR count). The third-order valence-electron chi connectivity index (χ3n) is 3.31. The van der Waals surface area contributed by atoms with E-state index in [1.54, 1.807) is 54.6 Å². The summed E-state index contributed by atoms with van der Waals surface area (Å²) >= 11 is 0. The molecular formula is C18H18N2O5. The normalized spacial score (nSPS) is 11.2. The Morgan fingerprint density at radius 2 is 1.56 bits per heavy atom. The Bertz CT molecular complexity index is 719. The molecule has 0 saturated carbocycles. The molecule has 3 N–H and O–H groups in total. The van der Waals surface area contributed by atoms with Crippen LogP contribution in [0.5, 0.6) is 0 Å². The molecule has 0 saturated heterocycles. The molecule has 0 aliphatic rings. The quantitative estimate of drug-likeness (QED) is 0.712. The van der Waals surface area contributed by atoms with Crippen LogP contribution in [0.3, 0.4) is 0 Å². The minimum atomic E-state index is -1.30. The summed E-state index contributed by atoms with van der Waals surface area (Å²) < 4.78 is 4.97. The molecule has 0 heterocycles. The van der Waals surface area contributed by atoms with Crippen LogP contribution in [0, 0.1) is 0 Å². The van der Waals surface area contributed by atoms with Gasteiger partial charge in [0.25, 0.3) is 5.91 Å². The van der Waals surface area contributed by atoms with E-state index in [1.807, 2.05) is 6.07 Å². The summed E-state index contributed by atoms with van der Waals surface area (Å²) in [6.07, 6.45) is -0.870. The summed E-state index contributed by atoms with van der Waals surface area (Å²) in [5.74, 6) is -1.70. The number of carboxylic acids is 1. The van der Waals surface area contributed by atoms with E-state index in [0.717, 1.165) is 5.56 Å². The fourth-order valence-electron chi connectivity index (χ4n) is 1.99. The summed E-state index contributed by atoms with van der Waals surface area (Å²) in [6.45, 7) is -0.237. The molecule has 0 aliphatic heterocycles. The largest absolute Gasteiger partial charge is 0.480 e. The smallest absolute Gasteiger partial charge is 0.408 e. The summed E-state index contributed by atoms with van der Waals surface area (Å²) in [4.78, 5) is 34.9. The fraction of sp³-hybridized carbons (Fsp3) is 0.167. The van der Waals surface area contributed by atoms with Gasteiger partial charge in [0.2, 0.25) is 0 Å². The predicted octanol–water partition coefficient (Wildman–Crippen LogP) is 1.80. The average Bonchev–Trinajstić information content (AvgIpc) is 2.64. The van der Waals surface area contributed by atoms with Crippen LogP contribution in [0.1, 0.15) is 15.9 Å². The van der Waals surface area contributed by atoms with Gasteiger partial charge < -0.3 is 20.5 Å². The first-order valence-electron chi connectivity index (χ1n) is 7.59. The molecule has 0 spiro atoms. The summed E-state index contributed by atoms with van der Waals surface area (Å²) in [5.41, 5.74) is 1.18. The van der Waals surface area contributed by atoms with Crippen LogP contribution in [0.25, 0.3) is 0 Å². The lowest BCUT2D eigenvalue weighted by Gasteiger charge is -2.15. The minimum Gasteiger partial charge on any atom is -0.480 e. The Balaban J connectivity index is 1.82. The van der Waals surface area contributed by atoms with Crippen LogP contribution in [0.2, 0.25) is 0 Å². The molecule has 25 heavy (non-hydrogen) atoms. The van der Waals surface area contributed by atoms with Gasteiger partial charge in [-0.2, -0.15) is 0 Å². The van der Waals surface area contributed by atoms with E-state index in [1.165, 1.54) is 0 Å². The number of hydrogen-bond acceptors (Lipinski definition) is 4. The second kappa shape index (κ2) is 9.07. The van der Waals surface area contributed by atoms with E-state index in [9.17, 15) is 14.4 Å². The number of carbonyl (C=O) groups is 3. The van der Waals surface area contributed by atoms with E-state index in [4.69, 9.17) is 9.84 Å². The van der Waals surface area contributed by atoms with Crippen LogP contribution < -0.4 is 10.6 Å². The third kappa shape index (κ3) is 5.98. The summed E-state index contributed by atoms with van der Waals surface area (Å²) in [5, 5.41) is 13.9. The predicted molar refractivity (Wildman–Crippen MR) is 90.0 cm³/mol. The van der Waals surface area contributed by atoms with E-state index in [2.05, 4.69) is 10.6 Å². The van der Waals surface area contributed by atoms with Gasteiger partial charge in [-0.05, 0) is 17.7 Å². The van der Waals surface area contributed by atoms with Gasteiger partial charge in [0.05, 0.1) is 0 Å². The van der Waals surface area contributed by atoms with Crippen molar-refractivity contribution in [2.45, 2.75) is 12.6 Å². The molecule has 0 aliphatic carbocycles. The van der Waals surface area contributed by atoms with Gasteiger partial charge in [0, 0.05) is 12.1 Å². The Kier molecular flexibility index (Phi) is 6.53. The molecule has 0 bridgehead atoms. The first kappa shape index (κ1) is 18.0. The number of aliphatic carboxylic acids is 1. The van der Waals surface area contributed by atoms with Crippen molar-refractivity contribution in [1.29, 1.82) is 0 Å². The third-order valence-corrected chi connectivity index (χ3v) is 3.31. The highest BCUT2D eigenvalue weighted by Gasteiger charge is 2.21. The molecular weight excluding hydrogens is 324 g/mol. The van der Waals surface area contributed by atoms with Gasteiger partial charge in [-0.1, -0.05) is 48.5 Å². The number of ether oxygens (including phenoxy) is 1. The topological polar surface area (TPSA) is 105 Å². The molecule has 1 atom stereocenters. The monoisotopic (exact) mass is 342 g/mol. The maximum absolute atomic E-state index is 11.9. The maximum Gasteiger partial charge on any atom is 0.408 e. The highest BCUT2D eigenvalue weighted by atomic mass is 16.5. The number of amides is 2. The van der Waals surface area contributed by atoms with Gasteiger partial charge >= 0.3 is 12.1 Å². The average molecular weight is 342 g/mol. The van der Waals surface area contributed by atoms with Gasteiger partial charge in [-0.3, -0.25) is 4.79 Å². The lowest BCUT2D eigenvalue weighted by molar-refractivity contribution is -0.139. The molecule has 7 nitrogen and oxygen atoms in total. The Labute approximate surface area is 144 Å². The van der Waals surface area contributed by atoms with E-state index in [0.29, 0.717) is 5.56 Å². The summed E-state index contributed by atoms with van der Waals surface area (Å²) in [6, 6.07) is 16.1. The van der Waals surface area contributed by atoms with Crippen molar-refractivity contribution < 1.29 is 24.2 Å². The van der Waals surface area contributed by atoms with Crippen LogP contribution >= 0.6 is 0 Å². The van der Waals surface area contributed by atoms with Crippen LogP contribution in [-0.2, 0) is 16.1 Å². The second-order valence-electron chi connectivity index (χ2n) is 5.17. The van der Waals surface area contributed by atoms with Crippen molar-refractivity contribution in [1.82, 2.24) is 10.6 Å². The van der Waals surface area contributed by atoms with Crippen molar-refractivity contribution >= 4 is 18.0 Å². The molecule has 0 radical (unpaired) electrons. The molecule has 2 aromatic carbocycles. The highest BCUT2D eigenvalue weighted by Crippen LogP contribution is 2.01. The van der Waals surface area contributed by atoms with Crippen LogP contribution in [-0.4, -0.2) is 35.7 Å². The number of rotatable bonds is 7. The van der Waals surface area contributed by atoms with Crippen molar-refractivity contribution in [2.24, 2.45) is 0 Å². The first-order valence-corrected chi connectivity index (χ1v) is 7.59. The maximum atomic E-state index is 11.9. The van der Waals surface area contributed by atoms with E-state index in [-0.39, 0.29) is 13.2 Å². The van der Waals surface area contributed by atoms with Gasteiger partial charge in [0.15, 0.2) is 0 Å². The SMILES string of the molecule is O=C(N[C@@H](CNC(=O)c1ccccc1)C(=O)O)OCc1ccccc1. The number of nitrogens with one attached hydrogen (secondary N) is 2. The van der Waals surface area contributed by atoms with E-state index < -0.39 is 24.0 Å². The summed E-state index contributed by atoms with van der Waals surface area (Å²) in [7, 11) is 0. The van der Waals surface area contributed by atoms with Gasteiger partial charge in [0.1, 0.15) is 12.6 Å². The standard InChI is InChI=1S/C18H18N2O5/c21-16(14-9-5-2-6-10-14)19-11-15(17(22)23)20-18(24)25-12-13-7-3-1-4-8-13/h1-10,15H,11-12H2,(H,19,21)(H,20,24)(H,22,23)/t15-/m0/s1. The molecule has 0 fully saturated rings. The van der Waals surface area contributed by atoms with Crippen molar-refractivity contribution in [3.63, 3.8) is 0 Å². The minimum absolute atomic E-state index is 0.0232. The molecule has 0 unspecified atom stereocenters. The van der Waals surface area contributed by atoms with Crippen LogP contribution in [0.4, 0.5) is 4.79 Å². The Hall–Kier alpha value is -3.35. The number of carbonyl (C=O) groups excluding carboxylic acids is 2. The number of benzene rings is 2. The highest BCUT2D eigenvalue weighted by molar-refractivity contribution is 5.94. The zero-order valence-electron chi connectivity index (χ0n) is 13.3. The Morgan fingerprint density at radius 1 is 0.960 bits per heavy atom. The van der Waals surface area contributed by atoms with Crippen LogP contribution in [0.15, 0.2) is 60.7 Å². The first-order chi connectivity index (χ1) is 12.1. The number of alkyl carbamates (subject to hydrolysis) is 1. The van der Waals surface area contributed by atoms with Crippen molar-refractivity contribution in [3.8, 4) is 0 Å². The zero-order valence-corrected chi connectivity index (χ0v) is 13.3. The van der Waals surface area contributed by atoms with Gasteiger partial charge in [-0.25, -0.2) is 9.59 Å². The molecule has 2 amide bonds.